The van der Waals surface area contributed by atoms with Gasteiger partial charge in [0.15, 0.2) is 5.96 Å². The molecular formula is C75H98N22O16S2. The van der Waals surface area contributed by atoms with Crippen molar-refractivity contribution in [3.63, 3.8) is 0 Å². The second-order valence-electron chi connectivity index (χ2n) is 27.1. The van der Waals surface area contributed by atoms with Crippen molar-refractivity contribution in [2.24, 2.45) is 28.7 Å². The molecule has 40 heteroatoms. The number of amides is 13. The van der Waals surface area contributed by atoms with E-state index >= 15 is 9.59 Å². The molecule has 115 heavy (non-hydrogen) atoms. The first-order valence-corrected chi connectivity index (χ1v) is 38.0. The Kier molecular flexibility index (Phi) is 35.2. The maximum atomic E-state index is 15.3. The molecule has 0 bridgehead atoms. The molecule has 38 nitrogen and oxygen atoms in total. The number of phenols is 1. The van der Waals surface area contributed by atoms with Crippen LogP contribution in [0.5, 0.6) is 5.75 Å². The van der Waals surface area contributed by atoms with Crippen LogP contribution >= 0.6 is 25.3 Å². The van der Waals surface area contributed by atoms with E-state index in [1.807, 2.05) is 0 Å². The van der Waals surface area contributed by atoms with Crippen LogP contribution < -0.4 is 92.5 Å². The molecule has 7 aromatic rings. The molecule has 0 aliphatic heterocycles. The number of carboxylic acid groups (broad SMARTS) is 1. The molecule has 3 heterocycles. The number of nitrogens with zero attached hydrogens (tertiary/aromatic N) is 1. The van der Waals surface area contributed by atoms with Crippen LogP contribution in [0, 0.1) is 5.41 Å². The van der Waals surface area contributed by atoms with Crippen molar-refractivity contribution in [2.45, 2.75) is 150 Å². The van der Waals surface area contributed by atoms with Crippen LogP contribution in [-0.4, -0.2) is 216 Å². The third kappa shape index (κ3) is 28.9. The van der Waals surface area contributed by atoms with Gasteiger partial charge in [-0.1, -0.05) is 78.9 Å². The minimum Gasteiger partial charge on any atom is -0.508 e. The molecule has 0 aliphatic rings. The Labute approximate surface area is 670 Å². The van der Waals surface area contributed by atoms with E-state index < -0.39 is 181 Å². The van der Waals surface area contributed by atoms with Gasteiger partial charge in [-0.05, 0) is 91.6 Å². The lowest BCUT2D eigenvalue weighted by atomic mass is 10.0. The number of carbonyl (C=O) groups excluding carboxylic acids is 13. The summed E-state index contributed by atoms with van der Waals surface area (Å²) in [7, 11) is 0. The number of aromatic hydroxyl groups is 1. The van der Waals surface area contributed by atoms with Gasteiger partial charge in [0.05, 0.1) is 25.3 Å². The van der Waals surface area contributed by atoms with E-state index in [1.165, 1.54) is 43.0 Å². The Morgan fingerprint density at radius 1 is 0.443 bits per heavy atom. The Hall–Kier alpha value is -12.6. The van der Waals surface area contributed by atoms with E-state index in [-0.39, 0.29) is 81.9 Å². The number of hydrogen-bond donors (Lipinski definition) is 25. The van der Waals surface area contributed by atoms with Gasteiger partial charge in [-0.25, -0.2) is 4.98 Å². The lowest BCUT2D eigenvalue weighted by Crippen LogP contribution is -2.61. The molecule has 0 saturated heterocycles. The van der Waals surface area contributed by atoms with Crippen molar-refractivity contribution in [3.8, 4) is 5.75 Å². The number of thiol groups is 2. The minimum absolute atomic E-state index is 0.0101. The third-order valence-electron chi connectivity index (χ3n) is 18.3. The summed E-state index contributed by atoms with van der Waals surface area (Å²) < 4.78 is 0. The predicted octanol–water partition coefficient (Wildman–Crippen LogP) is -3.64. The number of para-hydroxylation sites is 2. The summed E-state index contributed by atoms with van der Waals surface area (Å²) in [4.78, 5) is 209. The van der Waals surface area contributed by atoms with Gasteiger partial charge in [-0.2, -0.15) is 25.3 Å². The van der Waals surface area contributed by atoms with Crippen LogP contribution in [-0.2, 0) is 99.2 Å². The van der Waals surface area contributed by atoms with E-state index in [2.05, 4.69) is 109 Å². The fraction of sp³-hybridized carbons (Fsp3) is 0.387. The maximum absolute atomic E-state index is 15.3. The normalized spacial score (nSPS) is 14.0. The van der Waals surface area contributed by atoms with Gasteiger partial charge in [0.1, 0.15) is 66.2 Å². The van der Waals surface area contributed by atoms with Crippen LogP contribution in [0.1, 0.15) is 79.3 Å². The van der Waals surface area contributed by atoms with Gasteiger partial charge in [0.2, 0.25) is 76.8 Å². The second-order valence-corrected chi connectivity index (χ2v) is 27.8. The highest BCUT2D eigenvalue weighted by Crippen LogP contribution is 2.23. The number of nitrogens with two attached hydrogens (primary N) is 5. The van der Waals surface area contributed by atoms with E-state index in [1.54, 1.807) is 85.1 Å². The summed E-state index contributed by atoms with van der Waals surface area (Å²) in [5.41, 5.74) is 31.5. The van der Waals surface area contributed by atoms with Crippen molar-refractivity contribution in [2.75, 3.05) is 31.1 Å². The van der Waals surface area contributed by atoms with Crippen molar-refractivity contribution in [1.29, 1.82) is 5.41 Å². The molecule has 0 spiro atoms. The number of primary amides is 2. The molecule has 13 amide bonds. The maximum Gasteiger partial charge on any atom is 0.305 e. The first-order valence-electron chi connectivity index (χ1n) is 36.8. The van der Waals surface area contributed by atoms with Gasteiger partial charge >= 0.3 is 5.97 Å². The van der Waals surface area contributed by atoms with Gasteiger partial charge in [0, 0.05) is 103 Å². The van der Waals surface area contributed by atoms with Gasteiger partial charge in [-0.15, -0.1) is 0 Å². The van der Waals surface area contributed by atoms with E-state index in [4.69, 9.17) is 34.1 Å². The van der Waals surface area contributed by atoms with Crippen LogP contribution in [0.3, 0.4) is 0 Å². The molecule has 7 rings (SSSR count). The van der Waals surface area contributed by atoms with Crippen molar-refractivity contribution >= 4 is 136 Å². The van der Waals surface area contributed by atoms with Crippen LogP contribution in [0.25, 0.3) is 21.8 Å². The molecule has 616 valence electrons. The first kappa shape index (κ1) is 89.6. The molecule has 0 saturated carbocycles. The lowest BCUT2D eigenvalue weighted by Gasteiger charge is -2.28. The standard InChI is InChI=1S/C75H98N22O16S2/c76-25-9-8-17-51(66(105)91-54(65(104)86-36-62(79)100)27-40-11-2-1-3-12-40)89-72(111)58(31-44-35-82-39-87-44)95-71(110)57(30-43-34-85-50-16-7-5-14-47(43)50)93-69(108)55(28-41-19-21-45(98)22-20-41)92-74(113)60(38-115)97-68(107)53(23-24-61(78)99)90-70(109)56(29-42-33-84-49-15-6-4-13-46(42)49)94-73(112)59(32-63(101)102)96-67(106)52(18-10-26-83-75(80)81)88-64(103)48(77)37-114/h1-7,11-16,19-22,33-35,39,48,51-60,84-85,98,114-115H,8-10,17-18,23-32,36-38,76-77H2,(H2,78,99)(H2,79,100)(H,82,87)(H,86,104)(H,88,103)(H,89,111)(H,90,109)(H,91,105)(H,92,113)(H,93,108)(H,94,112)(H,95,110)(H,96,106)(H,97,107)(H,101,102)(H4,80,81,83)/t48-,51-,52-,53-,54-,55-,56-,57-,58-,59-,60-/m0/s1. The number of guanidine groups is 1. The second kappa shape index (κ2) is 45.2. The number of H-pyrrole nitrogens is 3. The number of rotatable bonds is 48. The number of carboxylic acids is 1. The first-order chi connectivity index (χ1) is 55.0. The number of unbranched alkanes of at least 4 members (excludes halogenated alkanes) is 1. The van der Waals surface area contributed by atoms with Crippen molar-refractivity contribution in [3.05, 3.63) is 156 Å². The molecule has 0 aliphatic carbocycles. The van der Waals surface area contributed by atoms with E-state index in [0.29, 0.717) is 62.6 Å². The molecule has 11 atom stereocenters. The summed E-state index contributed by atoms with van der Waals surface area (Å²) in [6.07, 6.45) is 3.03. The van der Waals surface area contributed by atoms with E-state index in [0.717, 1.165) is 0 Å². The fourth-order valence-corrected chi connectivity index (χ4v) is 12.6. The highest BCUT2D eigenvalue weighted by atomic mass is 32.1. The highest BCUT2D eigenvalue weighted by Gasteiger charge is 2.38. The Bertz CT molecular complexity index is 4530. The molecule has 0 unspecified atom stereocenters. The molecule has 3 aromatic heterocycles. The Morgan fingerprint density at radius 2 is 0.870 bits per heavy atom. The smallest absolute Gasteiger partial charge is 0.305 e. The summed E-state index contributed by atoms with van der Waals surface area (Å²) in [5, 5.41) is 59.9. The summed E-state index contributed by atoms with van der Waals surface area (Å²) >= 11 is 8.43. The SMILES string of the molecule is N=C(N)NCCC[C@H](NC(=O)[C@@H](N)CS)C(=O)N[C@@H](CC(=O)O)C(=O)N[C@@H](Cc1c[nH]c2ccccc12)C(=O)N[C@@H](CCC(N)=O)C(=O)N[C@@H](CS)C(=O)N[C@@H](Cc1ccc(O)cc1)C(=O)N[C@@H](Cc1c[nH]c2ccccc12)C(=O)N[C@@H](Cc1cnc[nH]1)C(=O)N[C@@H](CCCCN)C(=O)N[C@@H](Cc1ccccc1)C(=O)NCC(N)=O. The predicted molar refractivity (Wildman–Crippen MR) is 428 cm³/mol. The van der Waals surface area contributed by atoms with E-state index in [9.17, 15) is 67.7 Å². The summed E-state index contributed by atoms with van der Waals surface area (Å²) in [6, 6.07) is 10.8. The zero-order chi connectivity index (χ0) is 83.7. The monoisotopic (exact) mass is 1630 g/mol. The number of nitrogens with one attached hydrogen (secondary N) is 16. The Balaban J connectivity index is 1.16. The number of aromatic amines is 3. The fourth-order valence-electron chi connectivity index (χ4n) is 12.2. The quantitative estimate of drug-likeness (QED) is 0.00757. The number of hydrogen-bond acceptors (Lipinski definition) is 21. The number of aromatic nitrogens is 4. The lowest BCUT2D eigenvalue weighted by molar-refractivity contribution is -0.141. The number of imidazole rings is 1. The zero-order valence-electron chi connectivity index (χ0n) is 62.5. The largest absolute Gasteiger partial charge is 0.508 e. The average molecular weight is 1630 g/mol. The number of aliphatic carboxylic acids is 1. The third-order valence-corrected chi connectivity index (χ3v) is 19.1. The van der Waals surface area contributed by atoms with Crippen LogP contribution in [0.4, 0.5) is 0 Å². The van der Waals surface area contributed by atoms with Gasteiger partial charge in [0.25, 0.3) is 0 Å². The molecule has 28 N–H and O–H groups in total. The number of carbonyl (C=O) groups is 14. The van der Waals surface area contributed by atoms with Crippen molar-refractivity contribution < 1.29 is 77.3 Å². The number of phenolic OH excluding ortho intramolecular Hbond substituents is 1. The molecule has 4 aromatic carbocycles. The van der Waals surface area contributed by atoms with Crippen LogP contribution in [0.2, 0.25) is 0 Å². The molecule has 0 radical (unpaired) electrons. The summed E-state index contributed by atoms with van der Waals surface area (Å²) in [6.45, 7) is -0.271. The minimum atomic E-state index is -1.95. The number of fused-ring (bicyclic) bond motifs is 2. The molecular weight excluding hydrogens is 1530 g/mol. The van der Waals surface area contributed by atoms with Gasteiger partial charge in [-0.3, -0.25) is 72.5 Å². The average Bonchev–Trinajstić information content (AvgIpc) is 1.73. The highest BCUT2D eigenvalue weighted by molar-refractivity contribution is 7.80. The number of benzene rings is 4. The Morgan fingerprint density at radius 3 is 1.35 bits per heavy atom. The zero-order valence-corrected chi connectivity index (χ0v) is 64.3. The molecule has 0 fully saturated rings. The van der Waals surface area contributed by atoms with Crippen molar-refractivity contribution in [1.82, 2.24) is 83.7 Å². The topological polar surface area (TPSA) is 638 Å². The van der Waals surface area contributed by atoms with Gasteiger partial charge < -0.3 is 118 Å². The summed E-state index contributed by atoms with van der Waals surface area (Å²) in [5.74, 6) is -15.4. The van der Waals surface area contributed by atoms with Crippen LogP contribution in [0.15, 0.2) is 128 Å².